The molecule has 21 heavy (non-hydrogen) atoms. The maximum absolute atomic E-state index is 12.4. The predicted octanol–water partition coefficient (Wildman–Crippen LogP) is 2.70. The van der Waals surface area contributed by atoms with Gasteiger partial charge in [0.05, 0.1) is 5.02 Å². The Kier molecular flexibility index (Phi) is 5.17. The van der Waals surface area contributed by atoms with E-state index >= 15 is 0 Å². The molecule has 0 aliphatic carbocycles. The van der Waals surface area contributed by atoms with Gasteiger partial charge in [0.1, 0.15) is 5.69 Å². The molecule has 0 bridgehead atoms. The largest absolute Gasteiger partial charge is 0.481 e. The van der Waals surface area contributed by atoms with Crippen molar-refractivity contribution >= 4 is 23.5 Å². The molecular weight excluding hydrogens is 292 g/mol. The average Bonchev–Trinajstić information content (AvgIpc) is 2.47. The van der Waals surface area contributed by atoms with Crippen LogP contribution in [0.25, 0.3) is 0 Å². The molecule has 0 aromatic carbocycles. The minimum absolute atomic E-state index is 0.0660. The van der Waals surface area contributed by atoms with E-state index in [9.17, 15) is 9.59 Å². The molecule has 2 rings (SSSR count). The Bertz CT molecular complexity index is 518. The number of carboxylic acids is 1. The van der Waals surface area contributed by atoms with E-state index in [2.05, 4.69) is 4.98 Å². The van der Waals surface area contributed by atoms with Crippen molar-refractivity contribution < 1.29 is 14.7 Å². The quantitative estimate of drug-likeness (QED) is 0.928. The molecule has 2 heterocycles. The summed E-state index contributed by atoms with van der Waals surface area (Å²) in [6.07, 6.45) is 3.47. The first-order chi connectivity index (χ1) is 9.97. The van der Waals surface area contributed by atoms with Gasteiger partial charge < -0.3 is 10.0 Å². The van der Waals surface area contributed by atoms with Crippen molar-refractivity contribution in [3.05, 3.63) is 29.0 Å². The molecule has 1 amide bonds. The topological polar surface area (TPSA) is 70.5 Å². The van der Waals surface area contributed by atoms with Gasteiger partial charge in [0.25, 0.3) is 5.91 Å². The number of piperidine rings is 1. The Morgan fingerprint density at radius 2 is 2.29 bits per heavy atom. The lowest BCUT2D eigenvalue weighted by molar-refractivity contribution is -0.138. The molecule has 6 heteroatoms. The van der Waals surface area contributed by atoms with Crippen molar-refractivity contribution in [2.24, 2.45) is 11.8 Å². The number of carbonyl (C=O) groups is 2. The molecule has 2 atom stereocenters. The minimum Gasteiger partial charge on any atom is -0.481 e. The lowest BCUT2D eigenvalue weighted by Crippen LogP contribution is -2.42. The van der Waals surface area contributed by atoms with Gasteiger partial charge in [-0.05, 0) is 36.8 Å². The fourth-order valence-corrected chi connectivity index (χ4v) is 2.88. The zero-order valence-corrected chi connectivity index (χ0v) is 12.7. The molecule has 114 valence electrons. The fraction of sp³-hybridized carbons (Fsp3) is 0.533. The van der Waals surface area contributed by atoms with Crippen LogP contribution in [0.5, 0.6) is 0 Å². The number of halogens is 1. The molecule has 1 saturated heterocycles. The van der Waals surface area contributed by atoms with Crippen LogP contribution >= 0.6 is 11.6 Å². The zero-order valence-electron chi connectivity index (χ0n) is 12.0. The molecule has 0 radical (unpaired) electrons. The summed E-state index contributed by atoms with van der Waals surface area (Å²) in [5, 5.41) is 9.39. The zero-order chi connectivity index (χ0) is 15.4. The first-order valence-electron chi connectivity index (χ1n) is 7.10. The van der Waals surface area contributed by atoms with Crippen LogP contribution in [0.2, 0.25) is 5.02 Å². The molecule has 1 fully saturated rings. The highest BCUT2D eigenvalue weighted by molar-refractivity contribution is 6.30. The second kappa shape index (κ2) is 6.89. The number of aromatic nitrogens is 1. The standard InChI is InChI=1S/C15H19ClN2O3/c1-10(7-14(19)20)11-3-2-6-18(9-11)15(21)13-5-4-12(16)8-17-13/h4-5,8,10-11H,2-3,6-7,9H2,1H3,(H,19,20). The van der Waals surface area contributed by atoms with Crippen molar-refractivity contribution in [3.8, 4) is 0 Å². The summed E-state index contributed by atoms with van der Waals surface area (Å²) in [7, 11) is 0. The third-order valence-corrected chi connectivity index (χ3v) is 4.22. The number of carbonyl (C=O) groups excluding carboxylic acids is 1. The van der Waals surface area contributed by atoms with Crippen LogP contribution < -0.4 is 0 Å². The van der Waals surface area contributed by atoms with Gasteiger partial charge in [0.2, 0.25) is 0 Å². The maximum atomic E-state index is 12.4. The van der Waals surface area contributed by atoms with E-state index < -0.39 is 5.97 Å². The number of hydrogen-bond acceptors (Lipinski definition) is 3. The van der Waals surface area contributed by atoms with Crippen LogP contribution in [0, 0.1) is 11.8 Å². The molecule has 0 spiro atoms. The van der Waals surface area contributed by atoms with Crippen molar-refractivity contribution in [2.75, 3.05) is 13.1 Å². The van der Waals surface area contributed by atoms with E-state index in [1.54, 1.807) is 17.0 Å². The average molecular weight is 311 g/mol. The van der Waals surface area contributed by atoms with E-state index in [1.165, 1.54) is 6.20 Å². The maximum Gasteiger partial charge on any atom is 0.303 e. The first-order valence-corrected chi connectivity index (χ1v) is 7.48. The first kappa shape index (κ1) is 15.8. The molecule has 2 unspecified atom stereocenters. The van der Waals surface area contributed by atoms with E-state index in [-0.39, 0.29) is 24.2 Å². The van der Waals surface area contributed by atoms with Gasteiger partial charge in [-0.2, -0.15) is 0 Å². The molecule has 5 nitrogen and oxygen atoms in total. The Morgan fingerprint density at radius 1 is 1.52 bits per heavy atom. The van der Waals surface area contributed by atoms with E-state index in [0.29, 0.717) is 23.8 Å². The van der Waals surface area contributed by atoms with Gasteiger partial charge in [0, 0.05) is 25.7 Å². The van der Waals surface area contributed by atoms with E-state index in [1.807, 2.05) is 6.92 Å². The second-order valence-electron chi connectivity index (χ2n) is 5.59. The number of hydrogen-bond donors (Lipinski definition) is 1. The van der Waals surface area contributed by atoms with Gasteiger partial charge in [-0.1, -0.05) is 18.5 Å². The number of pyridine rings is 1. The molecule has 1 aliphatic heterocycles. The third-order valence-electron chi connectivity index (χ3n) is 3.99. The molecular formula is C15H19ClN2O3. The smallest absolute Gasteiger partial charge is 0.303 e. The highest BCUT2D eigenvalue weighted by Gasteiger charge is 2.29. The summed E-state index contributed by atoms with van der Waals surface area (Å²) in [6, 6.07) is 3.27. The Balaban J connectivity index is 2.01. The number of rotatable bonds is 4. The van der Waals surface area contributed by atoms with Crippen molar-refractivity contribution in [1.29, 1.82) is 0 Å². The van der Waals surface area contributed by atoms with Gasteiger partial charge in [-0.3, -0.25) is 9.59 Å². The third kappa shape index (κ3) is 4.17. The number of nitrogens with zero attached hydrogens (tertiary/aromatic N) is 2. The minimum atomic E-state index is -0.787. The molecule has 1 aromatic heterocycles. The number of amides is 1. The second-order valence-corrected chi connectivity index (χ2v) is 6.03. The van der Waals surface area contributed by atoms with Crippen molar-refractivity contribution in [2.45, 2.75) is 26.2 Å². The normalized spacial score (nSPS) is 20.1. The lowest BCUT2D eigenvalue weighted by atomic mass is 9.84. The van der Waals surface area contributed by atoms with Crippen molar-refractivity contribution in [1.82, 2.24) is 9.88 Å². The van der Waals surface area contributed by atoms with Crippen LogP contribution in [0.1, 0.15) is 36.7 Å². The summed E-state index contributed by atoms with van der Waals surface area (Å²) in [5.41, 5.74) is 0.380. The van der Waals surface area contributed by atoms with E-state index in [0.717, 1.165) is 12.8 Å². The number of likely N-dealkylation sites (tertiary alicyclic amines) is 1. The monoisotopic (exact) mass is 310 g/mol. The molecule has 1 aromatic rings. The summed E-state index contributed by atoms with van der Waals surface area (Å²) in [4.78, 5) is 29.0. The SMILES string of the molecule is CC(CC(=O)O)C1CCCN(C(=O)c2ccc(Cl)cn2)C1. The molecule has 1 aliphatic rings. The predicted molar refractivity (Wildman–Crippen MR) is 79.3 cm³/mol. The highest BCUT2D eigenvalue weighted by Crippen LogP contribution is 2.26. The molecule has 1 N–H and O–H groups in total. The van der Waals surface area contributed by atoms with Gasteiger partial charge in [0.15, 0.2) is 0 Å². The summed E-state index contributed by atoms with van der Waals surface area (Å²) < 4.78 is 0. The van der Waals surface area contributed by atoms with Crippen LogP contribution in [0.15, 0.2) is 18.3 Å². The molecule has 0 saturated carbocycles. The van der Waals surface area contributed by atoms with Gasteiger partial charge >= 0.3 is 5.97 Å². The number of aliphatic carboxylic acids is 1. The summed E-state index contributed by atoms with van der Waals surface area (Å²) >= 11 is 5.77. The fourth-order valence-electron chi connectivity index (χ4n) is 2.77. The Labute approximate surface area is 128 Å². The summed E-state index contributed by atoms with van der Waals surface area (Å²) in [5.74, 6) is -0.605. The van der Waals surface area contributed by atoms with Crippen LogP contribution in [0.4, 0.5) is 0 Å². The highest BCUT2D eigenvalue weighted by atomic mass is 35.5. The van der Waals surface area contributed by atoms with Crippen LogP contribution in [-0.2, 0) is 4.79 Å². The lowest BCUT2D eigenvalue weighted by Gasteiger charge is -2.35. The Morgan fingerprint density at radius 3 is 2.90 bits per heavy atom. The van der Waals surface area contributed by atoms with Gasteiger partial charge in [-0.15, -0.1) is 0 Å². The number of carboxylic acid groups (broad SMARTS) is 1. The summed E-state index contributed by atoms with van der Waals surface area (Å²) in [6.45, 7) is 3.23. The Hall–Kier alpha value is -1.62. The van der Waals surface area contributed by atoms with E-state index in [4.69, 9.17) is 16.7 Å². The van der Waals surface area contributed by atoms with Crippen LogP contribution in [-0.4, -0.2) is 40.0 Å². The van der Waals surface area contributed by atoms with Crippen molar-refractivity contribution in [3.63, 3.8) is 0 Å². The van der Waals surface area contributed by atoms with Crippen LogP contribution in [0.3, 0.4) is 0 Å². The van der Waals surface area contributed by atoms with Gasteiger partial charge in [-0.25, -0.2) is 4.98 Å².